The number of rotatable bonds is 20. The molecule has 8 nitrogen and oxygen atoms in total. The zero-order valence-electron chi connectivity index (χ0n) is 44.2. The van der Waals surface area contributed by atoms with Crippen LogP contribution in [-0.2, 0) is 33.1 Å². The molecule has 2 N–H and O–H groups in total. The number of aryl methyl sites for hydroxylation is 1. The molecule has 6 aliphatic rings. The zero-order chi connectivity index (χ0) is 47.6. The second-order valence-corrected chi connectivity index (χ2v) is 24.5. The van der Waals surface area contributed by atoms with E-state index in [0.717, 1.165) is 87.1 Å². The van der Waals surface area contributed by atoms with Crippen LogP contribution in [0.15, 0.2) is 24.3 Å². The van der Waals surface area contributed by atoms with Crippen molar-refractivity contribution in [1.29, 1.82) is 0 Å². The number of benzene rings is 2. The minimum absolute atomic E-state index is 0.00342. The molecule has 0 spiro atoms. The number of fused-ring (bicyclic) bond motifs is 3. The lowest BCUT2D eigenvalue weighted by molar-refractivity contribution is -0.173. The van der Waals surface area contributed by atoms with Crippen molar-refractivity contribution >= 4 is 0 Å². The highest BCUT2D eigenvalue weighted by Gasteiger charge is 2.68. The molecule has 4 aliphatic carbocycles. The second kappa shape index (κ2) is 19.0. The molecule has 8 rings (SSSR count). The van der Waals surface area contributed by atoms with Crippen LogP contribution in [0.4, 0.5) is 0 Å². The van der Waals surface area contributed by atoms with Crippen LogP contribution in [0.1, 0.15) is 164 Å². The highest BCUT2D eigenvalue weighted by Crippen LogP contribution is 2.66. The van der Waals surface area contributed by atoms with E-state index in [4.69, 9.17) is 28.4 Å². The fourth-order valence-corrected chi connectivity index (χ4v) is 14.9. The van der Waals surface area contributed by atoms with Crippen molar-refractivity contribution in [2.45, 2.75) is 196 Å². The normalized spacial score (nSPS) is 34.2. The van der Waals surface area contributed by atoms with Crippen LogP contribution in [-0.4, -0.2) is 77.5 Å². The molecule has 2 aromatic carbocycles. The third-order valence-corrected chi connectivity index (χ3v) is 19.5. The number of ether oxygens (including phenoxy) is 6. The molecule has 2 heterocycles. The van der Waals surface area contributed by atoms with Crippen LogP contribution >= 0.6 is 0 Å². The first kappa shape index (κ1) is 49.9. The molecular formula is C58H92N2O6. The minimum atomic E-state index is -0.210. The molecule has 370 valence electrons. The Bertz CT molecular complexity index is 2000. The largest absolute Gasteiger partial charge is 0.486 e. The van der Waals surface area contributed by atoms with Gasteiger partial charge in [-0.25, -0.2) is 0 Å². The topological polar surface area (TPSA) is 79.4 Å². The Balaban J connectivity index is 1.08. The van der Waals surface area contributed by atoms with Gasteiger partial charge < -0.3 is 39.1 Å². The summed E-state index contributed by atoms with van der Waals surface area (Å²) < 4.78 is 41.7. The van der Waals surface area contributed by atoms with E-state index in [1.165, 1.54) is 47.9 Å². The van der Waals surface area contributed by atoms with Crippen molar-refractivity contribution in [2.75, 3.05) is 47.1 Å². The van der Waals surface area contributed by atoms with Crippen LogP contribution in [0.3, 0.4) is 0 Å². The maximum atomic E-state index is 7.44. The van der Waals surface area contributed by atoms with E-state index in [2.05, 4.69) is 125 Å². The van der Waals surface area contributed by atoms with E-state index in [-0.39, 0.29) is 51.5 Å². The Morgan fingerprint density at radius 3 is 2.02 bits per heavy atom. The third kappa shape index (κ3) is 8.21. The zero-order valence-corrected chi connectivity index (χ0v) is 44.2. The highest BCUT2D eigenvalue weighted by molar-refractivity contribution is 5.62. The van der Waals surface area contributed by atoms with Crippen molar-refractivity contribution < 1.29 is 28.4 Å². The van der Waals surface area contributed by atoms with Crippen molar-refractivity contribution in [2.24, 2.45) is 51.8 Å². The molecule has 4 unspecified atom stereocenters. The van der Waals surface area contributed by atoms with Gasteiger partial charge in [0.2, 0.25) is 0 Å². The van der Waals surface area contributed by atoms with Gasteiger partial charge in [0, 0.05) is 47.6 Å². The molecule has 13 atom stereocenters. The van der Waals surface area contributed by atoms with Crippen molar-refractivity contribution in [3.8, 4) is 23.0 Å². The fraction of sp³-hybridized carbons (Fsp3) is 0.793. The monoisotopic (exact) mass is 913 g/mol. The van der Waals surface area contributed by atoms with E-state index >= 15 is 0 Å². The fourth-order valence-electron chi connectivity index (χ4n) is 14.9. The molecule has 2 aromatic rings. The molecule has 0 radical (unpaired) electrons. The summed E-state index contributed by atoms with van der Waals surface area (Å²) >= 11 is 0. The smallest absolute Gasteiger partial charge is 0.165 e. The minimum Gasteiger partial charge on any atom is -0.486 e. The van der Waals surface area contributed by atoms with E-state index in [1.807, 2.05) is 14.2 Å². The van der Waals surface area contributed by atoms with E-state index in [1.54, 1.807) is 0 Å². The predicted molar refractivity (Wildman–Crippen MR) is 269 cm³/mol. The van der Waals surface area contributed by atoms with Crippen LogP contribution in [0, 0.1) is 51.8 Å². The quantitative estimate of drug-likeness (QED) is 0.127. The summed E-state index contributed by atoms with van der Waals surface area (Å²) in [5.41, 5.74) is 5.34. The lowest BCUT2D eigenvalue weighted by Gasteiger charge is -2.59. The van der Waals surface area contributed by atoms with Gasteiger partial charge in [0.05, 0.1) is 6.10 Å². The Labute approximate surface area is 401 Å². The van der Waals surface area contributed by atoms with E-state index in [0.29, 0.717) is 48.8 Å². The molecule has 2 aliphatic heterocycles. The van der Waals surface area contributed by atoms with Gasteiger partial charge in [-0.05, 0) is 147 Å². The highest BCUT2D eigenvalue weighted by atomic mass is 16.6. The van der Waals surface area contributed by atoms with Crippen molar-refractivity contribution in [1.82, 2.24) is 10.6 Å². The molecule has 0 saturated heterocycles. The summed E-state index contributed by atoms with van der Waals surface area (Å²) in [7, 11) is 3.83. The Morgan fingerprint density at radius 1 is 0.788 bits per heavy atom. The summed E-state index contributed by atoms with van der Waals surface area (Å²) in [6.45, 7) is 34.9. The van der Waals surface area contributed by atoms with Gasteiger partial charge >= 0.3 is 0 Å². The number of unbranched alkanes of at least 4 members (excludes halogenated alkanes) is 1. The standard InChI is InChI=1S/C58H92N2O6/c1-16-20-27-59-34-40-32-56(13,36(6)55(10,11)12)52(62-15)53-57(40,18-3)46-38(17-2)23-25-44(49(46)66-53)63-28-29-64-45-26-24-39-30-43(60-33-37-21-22-37)42-31-41(35(5)54(7,8)9)48(61-14)51-58(42,19-4)47(39)50(45)65-51/h23-26,35-37,40-43,48,51-53,59-60H,16-22,27-34H2,1-15H3/t35-,36+,40?,41-,42?,43-,48?,51+,52+,53+,56-,57?,58+/m1/s1. The Hall–Kier alpha value is -2.52. The molecule has 66 heavy (non-hydrogen) atoms. The summed E-state index contributed by atoms with van der Waals surface area (Å²) in [4.78, 5) is 0. The first-order chi connectivity index (χ1) is 31.4. The average Bonchev–Trinajstić information content (AvgIpc) is 3.96. The summed E-state index contributed by atoms with van der Waals surface area (Å²) in [5.74, 6) is 6.43. The molecular weight excluding hydrogens is 821 g/mol. The number of hydrogen-bond acceptors (Lipinski definition) is 8. The summed E-state index contributed by atoms with van der Waals surface area (Å²) in [5, 5.41) is 8.08. The van der Waals surface area contributed by atoms with Gasteiger partial charge in [-0.2, -0.15) is 0 Å². The van der Waals surface area contributed by atoms with Crippen LogP contribution < -0.4 is 29.6 Å². The van der Waals surface area contributed by atoms with Crippen LogP contribution in [0.2, 0.25) is 0 Å². The number of methoxy groups -OCH3 is 2. The third-order valence-electron chi connectivity index (χ3n) is 19.5. The lowest BCUT2D eigenvalue weighted by Crippen LogP contribution is -2.65. The Kier molecular flexibility index (Phi) is 14.4. The first-order valence-electron chi connectivity index (χ1n) is 26.8. The molecule has 8 heteroatoms. The second-order valence-electron chi connectivity index (χ2n) is 24.5. The molecule has 0 bridgehead atoms. The number of nitrogens with one attached hydrogen (secondary N) is 2. The maximum absolute atomic E-state index is 7.44. The van der Waals surface area contributed by atoms with Gasteiger partial charge in [-0.1, -0.05) is 109 Å². The maximum Gasteiger partial charge on any atom is 0.165 e. The van der Waals surface area contributed by atoms with Crippen molar-refractivity contribution in [3.05, 3.63) is 46.5 Å². The SMILES string of the molecule is CCCCNCC1C[C@](C)([C@@H](C)C(C)(C)C)[C@@H](OC)[C@@H]2Oc3c(OCCOc4ccc5c6c4O[C@H]4C(OC)[C@@H]([C@@H](C)C(C)(C)C)CC([C@H](NCC7CC7)C5)[C@@]64CC)ccc(CC)c3C12CC. The van der Waals surface area contributed by atoms with Gasteiger partial charge in [0.15, 0.2) is 23.0 Å². The van der Waals surface area contributed by atoms with E-state index < -0.39 is 0 Å². The Morgan fingerprint density at radius 2 is 1.44 bits per heavy atom. The lowest BCUT2D eigenvalue weighted by atomic mass is 9.48. The van der Waals surface area contributed by atoms with Gasteiger partial charge in [0.1, 0.15) is 31.5 Å². The van der Waals surface area contributed by atoms with Gasteiger partial charge in [-0.15, -0.1) is 0 Å². The molecule has 3 saturated carbocycles. The summed E-state index contributed by atoms with van der Waals surface area (Å²) in [6.07, 6.45) is 11.0. The average molecular weight is 913 g/mol. The van der Waals surface area contributed by atoms with E-state index in [9.17, 15) is 0 Å². The van der Waals surface area contributed by atoms with Gasteiger partial charge in [0.25, 0.3) is 0 Å². The van der Waals surface area contributed by atoms with Crippen LogP contribution in [0.5, 0.6) is 23.0 Å². The molecule has 0 aromatic heterocycles. The van der Waals surface area contributed by atoms with Crippen molar-refractivity contribution in [3.63, 3.8) is 0 Å². The predicted octanol–water partition coefficient (Wildman–Crippen LogP) is 11.9. The molecule has 0 amide bonds. The number of hydrogen-bond donors (Lipinski definition) is 2. The van der Waals surface area contributed by atoms with Crippen LogP contribution in [0.25, 0.3) is 0 Å². The first-order valence-corrected chi connectivity index (χ1v) is 26.8. The van der Waals surface area contributed by atoms with Gasteiger partial charge in [-0.3, -0.25) is 0 Å². The summed E-state index contributed by atoms with van der Waals surface area (Å²) in [6, 6.07) is 9.39. The molecule has 3 fully saturated rings.